The summed E-state index contributed by atoms with van der Waals surface area (Å²) in [7, 11) is 2.76. The summed E-state index contributed by atoms with van der Waals surface area (Å²) in [6.07, 6.45) is 0.483. The maximum Gasteiger partial charge on any atom is 0.308 e. The van der Waals surface area contributed by atoms with Crippen molar-refractivity contribution in [3.8, 4) is 23.0 Å². The molecular formula is C41H51NO10Si. The van der Waals surface area contributed by atoms with Crippen LogP contribution in [0.2, 0.25) is 18.1 Å². The molecule has 0 amide bonds. The molecule has 0 spiro atoms. The summed E-state index contributed by atoms with van der Waals surface area (Å²) in [4.78, 5) is 24.7. The summed E-state index contributed by atoms with van der Waals surface area (Å²) in [5, 5.41) is 12.2. The Bertz CT molecular complexity index is 1740. The van der Waals surface area contributed by atoms with Gasteiger partial charge in [-0.25, -0.2) is 0 Å². The van der Waals surface area contributed by atoms with E-state index < -0.39 is 24.8 Å². The Kier molecular flexibility index (Phi) is 14.0. The van der Waals surface area contributed by atoms with Gasteiger partial charge in [0.2, 0.25) is 0 Å². The average molecular weight is 746 g/mol. The molecule has 0 aliphatic carbocycles. The predicted octanol–water partition coefficient (Wildman–Crippen LogP) is 8.85. The number of methoxy groups -OCH3 is 3. The van der Waals surface area contributed by atoms with Gasteiger partial charge >= 0.3 is 5.97 Å². The molecule has 0 radical (unpaired) electrons. The van der Waals surface area contributed by atoms with E-state index in [9.17, 15) is 14.9 Å². The van der Waals surface area contributed by atoms with Crippen LogP contribution in [0.3, 0.4) is 0 Å². The van der Waals surface area contributed by atoms with Crippen molar-refractivity contribution in [3.05, 3.63) is 123 Å². The summed E-state index contributed by atoms with van der Waals surface area (Å²) in [5.41, 5.74) is 1.29. The summed E-state index contributed by atoms with van der Waals surface area (Å²) in [5.74, 6) is 1.30. The second-order valence-corrected chi connectivity index (χ2v) is 18.8. The molecule has 0 aliphatic heterocycles. The molecule has 284 valence electrons. The van der Waals surface area contributed by atoms with E-state index in [1.807, 2.05) is 78.9 Å². The maximum atomic E-state index is 13.1. The van der Waals surface area contributed by atoms with Crippen LogP contribution < -0.4 is 18.9 Å². The number of hydrogen-bond donors (Lipinski definition) is 0. The molecule has 0 aliphatic rings. The van der Waals surface area contributed by atoms with Gasteiger partial charge in [-0.2, -0.15) is 0 Å². The molecule has 0 unspecified atom stereocenters. The van der Waals surface area contributed by atoms with E-state index >= 15 is 0 Å². The summed E-state index contributed by atoms with van der Waals surface area (Å²) >= 11 is 0. The first-order chi connectivity index (χ1) is 25.2. The van der Waals surface area contributed by atoms with Crippen molar-refractivity contribution in [2.24, 2.45) is 0 Å². The van der Waals surface area contributed by atoms with Crippen LogP contribution in [0.5, 0.6) is 23.0 Å². The van der Waals surface area contributed by atoms with Crippen molar-refractivity contribution in [2.75, 3.05) is 41.2 Å². The lowest BCUT2D eigenvalue weighted by molar-refractivity contribution is -0.385. The van der Waals surface area contributed by atoms with Gasteiger partial charge in [0, 0.05) is 13.0 Å². The van der Waals surface area contributed by atoms with Crippen LogP contribution in [0.1, 0.15) is 55.9 Å². The monoisotopic (exact) mass is 745 g/mol. The minimum atomic E-state index is -1.90. The van der Waals surface area contributed by atoms with Gasteiger partial charge in [0.25, 0.3) is 5.69 Å². The van der Waals surface area contributed by atoms with E-state index in [0.717, 1.165) is 16.7 Å². The molecule has 11 nitrogen and oxygen atoms in total. The lowest BCUT2D eigenvalue weighted by Crippen LogP contribution is -2.41. The maximum absolute atomic E-state index is 13.1. The minimum Gasteiger partial charge on any atom is -0.497 e. The van der Waals surface area contributed by atoms with Gasteiger partial charge in [0.15, 0.2) is 19.8 Å². The van der Waals surface area contributed by atoms with E-state index in [-0.39, 0.29) is 48.3 Å². The van der Waals surface area contributed by atoms with Crippen molar-refractivity contribution in [1.82, 2.24) is 0 Å². The molecule has 0 bridgehead atoms. The zero-order valence-electron chi connectivity index (χ0n) is 31.9. The fourth-order valence-electron chi connectivity index (χ4n) is 5.53. The number of nitro groups is 1. The number of ether oxygens (including phenoxy) is 6. The highest BCUT2D eigenvalue weighted by Crippen LogP contribution is 2.42. The molecule has 0 saturated carbocycles. The second-order valence-electron chi connectivity index (χ2n) is 14.0. The largest absolute Gasteiger partial charge is 0.497 e. The van der Waals surface area contributed by atoms with Crippen LogP contribution in [0.15, 0.2) is 91.0 Å². The van der Waals surface area contributed by atoms with Gasteiger partial charge in [-0.3, -0.25) is 14.9 Å². The van der Waals surface area contributed by atoms with E-state index in [2.05, 4.69) is 33.9 Å². The highest BCUT2D eigenvalue weighted by Gasteiger charge is 2.38. The van der Waals surface area contributed by atoms with Crippen molar-refractivity contribution in [3.63, 3.8) is 0 Å². The Labute approximate surface area is 313 Å². The summed E-state index contributed by atoms with van der Waals surface area (Å²) in [6.45, 7) is 11.3. The lowest BCUT2D eigenvalue weighted by atomic mass is 9.80. The molecule has 4 rings (SSSR count). The van der Waals surface area contributed by atoms with Gasteiger partial charge in [-0.05, 0) is 65.2 Å². The molecule has 0 aromatic heterocycles. The van der Waals surface area contributed by atoms with Crippen molar-refractivity contribution >= 4 is 20.0 Å². The first-order valence-electron chi connectivity index (χ1n) is 17.5. The van der Waals surface area contributed by atoms with Crippen LogP contribution in [0.25, 0.3) is 0 Å². The molecule has 0 atom stereocenters. The fourth-order valence-corrected chi connectivity index (χ4v) is 6.61. The van der Waals surface area contributed by atoms with Crippen LogP contribution in [0, 0.1) is 10.1 Å². The van der Waals surface area contributed by atoms with E-state index in [0.29, 0.717) is 30.3 Å². The highest BCUT2D eigenvalue weighted by atomic mass is 28.4. The summed E-state index contributed by atoms with van der Waals surface area (Å²) < 4.78 is 40.7. The molecule has 4 aromatic carbocycles. The normalized spacial score (nSPS) is 11.8. The van der Waals surface area contributed by atoms with E-state index in [1.54, 1.807) is 14.2 Å². The standard InChI is InChI=1S/C41H51NO10Si/c1-40(2,3)53(7,8)52-25-12-24-49-38-28-36(42(44)45)30(27-37(38)48-6)29-50-39(43)23-26-51-41(31-13-10-9-11-14-31,32-15-19-34(46-4)20-16-32)33-17-21-35(47-5)22-18-33/h9-11,13-22,27-28H,12,23-26,29H2,1-8H3. The van der Waals surface area contributed by atoms with Crippen LogP contribution in [-0.4, -0.2) is 60.4 Å². The SMILES string of the molecule is COc1ccc(C(OCCC(=O)OCc2cc(OC)c(OCCCO[Si](C)(C)C(C)(C)C)cc2[N+](=O)[O-])(c2ccccc2)c2ccc(OC)cc2)cc1. The molecular weight excluding hydrogens is 695 g/mol. The topological polar surface area (TPSA) is 125 Å². The van der Waals surface area contributed by atoms with Crippen molar-refractivity contribution < 1.29 is 42.6 Å². The first-order valence-corrected chi connectivity index (χ1v) is 20.4. The molecule has 12 heteroatoms. The van der Waals surface area contributed by atoms with Gasteiger partial charge < -0.3 is 32.8 Å². The predicted molar refractivity (Wildman–Crippen MR) is 206 cm³/mol. The van der Waals surface area contributed by atoms with Crippen LogP contribution in [0.4, 0.5) is 5.69 Å². The number of hydrogen-bond acceptors (Lipinski definition) is 10. The third-order valence-electron chi connectivity index (χ3n) is 9.56. The molecule has 0 saturated heterocycles. The summed E-state index contributed by atoms with van der Waals surface area (Å²) in [6, 6.07) is 27.6. The number of carbonyl (C=O) groups is 1. The van der Waals surface area contributed by atoms with Gasteiger partial charge in [0.1, 0.15) is 23.7 Å². The van der Waals surface area contributed by atoms with Crippen molar-refractivity contribution in [1.29, 1.82) is 0 Å². The fraction of sp³-hybridized carbons (Fsp3) is 0.390. The first kappa shape index (κ1) is 40.9. The average Bonchev–Trinajstić information content (AvgIpc) is 3.15. The number of esters is 1. The number of rotatable bonds is 19. The van der Waals surface area contributed by atoms with Crippen LogP contribution in [-0.2, 0) is 30.9 Å². The number of benzene rings is 4. The van der Waals surface area contributed by atoms with E-state index in [1.165, 1.54) is 19.2 Å². The quantitative estimate of drug-likeness (QED) is 0.0230. The molecule has 53 heavy (non-hydrogen) atoms. The third kappa shape index (κ3) is 10.2. The number of nitro benzene ring substituents is 1. The molecule has 0 heterocycles. The van der Waals surface area contributed by atoms with Crippen LogP contribution >= 0.6 is 0 Å². The van der Waals surface area contributed by atoms with Crippen molar-refractivity contribution in [2.45, 2.75) is 64.0 Å². The third-order valence-corrected chi connectivity index (χ3v) is 14.1. The lowest BCUT2D eigenvalue weighted by Gasteiger charge is -2.36. The Morgan fingerprint density at radius 1 is 0.736 bits per heavy atom. The van der Waals surface area contributed by atoms with Gasteiger partial charge in [0.05, 0.1) is 57.5 Å². The Morgan fingerprint density at radius 2 is 1.30 bits per heavy atom. The Morgan fingerprint density at radius 3 is 1.81 bits per heavy atom. The Hall–Kier alpha value is -4.91. The number of nitrogens with zero attached hydrogens (tertiary/aromatic N) is 1. The smallest absolute Gasteiger partial charge is 0.308 e. The second kappa shape index (κ2) is 18.2. The molecule has 0 N–H and O–H groups in total. The van der Waals surface area contributed by atoms with Gasteiger partial charge in [-0.15, -0.1) is 0 Å². The number of carbonyl (C=O) groups excluding carboxylic acids is 1. The molecule has 0 fully saturated rings. The minimum absolute atomic E-state index is 0.0247. The van der Waals surface area contributed by atoms with E-state index in [4.69, 9.17) is 32.8 Å². The zero-order valence-corrected chi connectivity index (χ0v) is 32.9. The van der Waals surface area contributed by atoms with Gasteiger partial charge in [-0.1, -0.05) is 75.4 Å². The highest BCUT2D eigenvalue weighted by molar-refractivity contribution is 6.74. The Balaban J connectivity index is 1.48. The zero-order chi connectivity index (χ0) is 38.6. The molecule has 4 aromatic rings.